The SMILES string of the molecule is COc1ccc2nc(-c3cn(CCN)cn3)sc2c1. The number of ether oxygens (including phenoxy) is 1. The first-order chi connectivity index (χ1) is 9.30. The zero-order chi connectivity index (χ0) is 13.2. The molecule has 0 radical (unpaired) electrons. The Balaban J connectivity index is 1.99. The van der Waals surface area contributed by atoms with Crippen LogP contribution in [0.4, 0.5) is 0 Å². The molecule has 2 aromatic heterocycles. The molecule has 0 bridgehead atoms. The van der Waals surface area contributed by atoms with Crippen LogP contribution in [0.5, 0.6) is 5.75 Å². The maximum absolute atomic E-state index is 5.53. The van der Waals surface area contributed by atoms with Crippen LogP contribution < -0.4 is 10.5 Å². The highest BCUT2D eigenvalue weighted by Gasteiger charge is 2.09. The Labute approximate surface area is 114 Å². The molecule has 0 saturated carbocycles. The molecule has 98 valence electrons. The van der Waals surface area contributed by atoms with Crippen LogP contribution in [-0.2, 0) is 6.54 Å². The Morgan fingerprint density at radius 3 is 3.11 bits per heavy atom. The number of methoxy groups -OCH3 is 1. The summed E-state index contributed by atoms with van der Waals surface area (Å²) >= 11 is 1.61. The summed E-state index contributed by atoms with van der Waals surface area (Å²) < 4.78 is 8.29. The monoisotopic (exact) mass is 274 g/mol. The lowest BCUT2D eigenvalue weighted by molar-refractivity contribution is 0.415. The van der Waals surface area contributed by atoms with Crippen molar-refractivity contribution >= 4 is 21.6 Å². The van der Waals surface area contributed by atoms with Gasteiger partial charge in [-0.15, -0.1) is 11.3 Å². The van der Waals surface area contributed by atoms with E-state index in [1.807, 2.05) is 29.0 Å². The molecule has 0 aliphatic rings. The molecule has 19 heavy (non-hydrogen) atoms. The first-order valence-corrected chi connectivity index (χ1v) is 6.78. The summed E-state index contributed by atoms with van der Waals surface area (Å²) in [4.78, 5) is 8.95. The van der Waals surface area contributed by atoms with E-state index in [9.17, 15) is 0 Å². The highest BCUT2D eigenvalue weighted by atomic mass is 32.1. The number of nitrogens with two attached hydrogens (primary N) is 1. The Bertz CT molecular complexity index is 704. The van der Waals surface area contributed by atoms with E-state index in [4.69, 9.17) is 10.5 Å². The maximum atomic E-state index is 5.53. The van der Waals surface area contributed by atoms with Gasteiger partial charge in [0.1, 0.15) is 16.5 Å². The van der Waals surface area contributed by atoms with Gasteiger partial charge in [-0.1, -0.05) is 0 Å². The smallest absolute Gasteiger partial charge is 0.144 e. The third-order valence-electron chi connectivity index (χ3n) is 2.84. The summed E-state index contributed by atoms with van der Waals surface area (Å²) in [6, 6.07) is 5.87. The van der Waals surface area contributed by atoms with Crippen molar-refractivity contribution in [2.24, 2.45) is 5.73 Å². The number of hydrogen-bond acceptors (Lipinski definition) is 5. The minimum absolute atomic E-state index is 0.604. The number of thiazole rings is 1. The Morgan fingerprint density at radius 2 is 2.32 bits per heavy atom. The fourth-order valence-corrected chi connectivity index (χ4v) is 2.84. The summed E-state index contributed by atoms with van der Waals surface area (Å²) in [7, 11) is 1.66. The van der Waals surface area contributed by atoms with Crippen molar-refractivity contribution in [2.45, 2.75) is 6.54 Å². The average Bonchev–Trinajstić information content (AvgIpc) is 3.03. The number of nitrogens with zero attached hydrogens (tertiary/aromatic N) is 3. The average molecular weight is 274 g/mol. The first-order valence-electron chi connectivity index (χ1n) is 5.97. The van der Waals surface area contributed by atoms with Crippen LogP contribution in [0.2, 0.25) is 0 Å². The van der Waals surface area contributed by atoms with Gasteiger partial charge in [0.25, 0.3) is 0 Å². The van der Waals surface area contributed by atoms with Crippen LogP contribution in [0.1, 0.15) is 0 Å². The van der Waals surface area contributed by atoms with Gasteiger partial charge in [-0.3, -0.25) is 0 Å². The second kappa shape index (κ2) is 4.99. The first kappa shape index (κ1) is 12.1. The fourth-order valence-electron chi connectivity index (χ4n) is 1.88. The van der Waals surface area contributed by atoms with Gasteiger partial charge < -0.3 is 15.0 Å². The van der Waals surface area contributed by atoms with Gasteiger partial charge >= 0.3 is 0 Å². The lowest BCUT2D eigenvalue weighted by atomic mass is 10.3. The molecule has 0 saturated heterocycles. The number of imidazole rings is 1. The third-order valence-corrected chi connectivity index (χ3v) is 3.88. The van der Waals surface area contributed by atoms with Crippen LogP contribution in [0.25, 0.3) is 20.9 Å². The van der Waals surface area contributed by atoms with Crippen molar-refractivity contribution in [2.75, 3.05) is 13.7 Å². The Kier molecular flexibility index (Phi) is 3.18. The quantitative estimate of drug-likeness (QED) is 0.791. The zero-order valence-corrected chi connectivity index (χ0v) is 11.4. The second-order valence-electron chi connectivity index (χ2n) is 4.14. The van der Waals surface area contributed by atoms with Gasteiger partial charge in [-0.25, -0.2) is 9.97 Å². The number of fused-ring (bicyclic) bond motifs is 1. The highest BCUT2D eigenvalue weighted by Crippen LogP contribution is 2.31. The van der Waals surface area contributed by atoms with Crippen LogP contribution >= 0.6 is 11.3 Å². The summed E-state index contributed by atoms with van der Waals surface area (Å²) in [5.41, 5.74) is 7.38. The Morgan fingerprint density at radius 1 is 1.42 bits per heavy atom. The van der Waals surface area contributed by atoms with Crippen molar-refractivity contribution in [3.8, 4) is 16.5 Å². The van der Waals surface area contributed by atoms with Crippen LogP contribution in [0, 0.1) is 0 Å². The minimum Gasteiger partial charge on any atom is -0.497 e. The molecule has 0 amide bonds. The van der Waals surface area contributed by atoms with Gasteiger partial charge in [0.15, 0.2) is 0 Å². The predicted octanol–water partition coefficient (Wildman–Crippen LogP) is 2.13. The molecule has 0 aliphatic carbocycles. The lowest BCUT2D eigenvalue weighted by Gasteiger charge is -1.96. The molecule has 2 heterocycles. The Hall–Kier alpha value is -1.92. The maximum Gasteiger partial charge on any atom is 0.144 e. The molecule has 5 nitrogen and oxygen atoms in total. The molecule has 0 atom stereocenters. The van der Waals surface area contributed by atoms with Crippen LogP contribution in [-0.4, -0.2) is 28.2 Å². The van der Waals surface area contributed by atoms with E-state index in [2.05, 4.69) is 9.97 Å². The molecule has 1 aromatic carbocycles. The molecule has 0 aliphatic heterocycles. The van der Waals surface area contributed by atoms with E-state index >= 15 is 0 Å². The fraction of sp³-hybridized carbons (Fsp3) is 0.231. The predicted molar refractivity (Wildman–Crippen MR) is 76.4 cm³/mol. The van der Waals surface area contributed by atoms with Crippen molar-refractivity contribution in [1.29, 1.82) is 0 Å². The van der Waals surface area contributed by atoms with Crippen molar-refractivity contribution in [1.82, 2.24) is 14.5 Å². The van der Waals surface area contributed by atoms with Gasteiger partial charge in [0, 0.05) is 19.3 Å². The number of rotatable bonds is 4. The van der Waals surface area contributed by atoms with Gasteiger partial charge in [-0.2, -0.15) is 0 Å². The molecular weight excluding hydrogens is 260 g/mol. The molecule has 3 rings (SSSR count). The van der Waals surface area contributed by atoms with Crippen LogP contribution in [0.3, 0.4) is 0 Å². The molecule has 2 N–H and O–H groups in total. The summed E-state index contributed by atoms with van der Waals surface area (Å²) in [5, 5.41) is 0.916. The highest BCUT2D eigenvalue weighted by molar-refractivity contribution is 7.21. The normalized spacial score (nSPS) is 11.1. The molecule has 3 aromatic rings. The van der Waals surface area contributed by atoms with E-state index in [1.54, 1.807) is 24.8 Å². The standard InChI is InChI=1S/C13H14N4OS/c1-18-9-2-3-10-12(6-9)19-13(16-10)11-7-17(5-4-14)8-15-11/h2-3,6-8H,4-5,14H2,1H3. The molecular formula is C13H14N4OS. The van der Waals surface area contributed by atoms with Gasteiger partial charge in [-0.05, 0) is 18.2 Å². The number of aromatic nitrogens is 3. The summed E-state index contributed by atoms with van der Waals surface area (Å²) in [6.07, 6.45) is 3.76. The summed E-state index contributed by atoms with van der Waals surface area (Å²) in [6.45, 7) is 1.37. The largest absolute Gasteiger partial charge is 0.497 e. The van der Waals surface area contributed by atoms with Crippen molar-refractivity contribution in [3.05, 3.63) is 30.7 Å². The topological polar surface area (TPSA) is 66.0 Å². The number of benzene rings is 1. The molecule has 0 spiro atoms. The lowest BCUT2D eigenvalue weighted by Crippen LogP contribution is -2.07. The summed E-state index contributed by atoms with van der Waals surface area (Å²) in [5.74, 6) is 0.844. The zero-order valence-electron chi connectivity index (χ0n) is 10.5. The van der Waals surface area contributed by atoms with E-state index in [0.29, 0.717) is 6.54 Å². The van der Waals surface area contributed by atoms with Crippen molar-refractivity contribution in [3.63, 3.8) is 0 Å². The van der Waals surface area contributed by atoms with Gasteiger partial charge in [0.2, 0.25) is 0 Å². The third kappa shape index (κ3) is 2.32. The molecule has 0 unspecified atom stereocenters. The van der Waals surface area contributed by atoms with E-state index in [0.717, 1.165) is 33.2 Å². The second-order valence-corrected chi connectivity index (χ2v) is 5.17. The molecule has 6 heteroatoms. The van der Waals surface area contributed by atoms with Crippen LogP contribution in [0.15, 0.2) is 30.7 Å². The molecule has 0 fully saturated rings. The number of hydrogen-bond donors (Lipinski definition) is 1. The van der Waals surface area contributed by atoms with Crippen molar-refractivity contribution < 1.29 is 4.74 Å². The van der Waals surface area contributed by atoms with E-state index < -0.39 is 0 Å². The minimum atomic E-state index is 0.604. The van der Waals surface area contributed by atoms with E-state index in [1.165, 1.54) is 0 Å². The van der Waals surface area contributed by atoms with E-state index in [-0.39, 0.29) is 0 Å². The van der Waals surface area contributed by atoms with Gasteiger partial charge in [0.05, 0.1) is 23.7 Å².